The Labute approximate surface area is 137 Å². The molecule has 1 aliphatic rings. The molecule has 0 bridgehead atoms. The van der Waals surface area contributed by atoms with E-state index in [1.807, 2.05) is 13.8 Å². The first-order chi connectivity index (χ1) is 10.7. The molecule has 1 fully saturated rings. The molecule has 23 heavy (non-hydrogen) atoms. The largest absolute Gasteiger partial charge is 0.416 e. The lowest BCUT2D eigenvalue weighted by atomic mass is 10.0. The minimum absolute atomic E-state index is 0.0286. The van der Waals surface area contributed by atoms with Crippen LogP contribution in [0.25, 0.3) is 0 Å². The molecule has 2 rings (SSSR count). The minimum atomic E-state index is -4.45. The molecule has 1 unspecified atom stereocenters. The van der Waals surface area contributed by atoms with Crippen LogP contribution in [0.1, 0.15) is 55.5 Å². The Morgan fingerprint density at radius 2 is 1.96 bits per heavy atom. The van der Waals surface area contributed by atoms with Gasteiger partial charge in [-0.2, -0.15) is 13.2 Å². The van der Waals surface area contributed by atoms with Crippen molar-refractivity contribution in [1.29, 1.82) is 0 Å². The fourth-order valence-electron chi connectivity index (χ4n) is 2.13. The maximum atomic E-state index is 12.9. The third kappa shape index (κ3) is 4.83. The number of halogens is 3. The zero-order chi connectivity index (χ0) is 17.2. The first kappa shape index (κ1) is 18.0. The van der Waals surface area contributed by atoms with Crippen LogP contribution in [0.2, 0.25) is 0 Å². The highest BCUT2D eigenvalue weighted by Gasteiger charge is 2.33. The Bertz CT molecular complexity index is 606. The highest BCUT2D eigenvalue weighted by Crippen LogP contribution is 2.37. The molecule has 0 saturated heterocycles. The lowest BCUT2D eigenvalue weighted by Crippen LogP contribution is -2.13. The summed E-state index contributed by atoms with van der Waals surface area (Å²) in [7, 11) is 0. The highest BCUT2D eigenvalue weighted by atomic mass is 32.2. The van der Waals surface area contributed by atoms with Gasteiger partial charge in [0.1, 0.15) is 5.78 Å². The number of benzene rings is 1. The molecule has 1 atom stereocenters. The summed E-state index contributed by atoms with van der Waals surface area (Å²) in [5.74, 6) is -0.519. The molecule has 0 N–H and O–H groups in total. The standard InChI is InChI=1S/C17H19F3O2S/c1-3-10(2)23-16-8-12(17(18,19)20)6-7-13(16)15(22)9-14(21)11-4-5-11/h6-8,10-11H,3-5,9H2,1-2H3. The average Bonchev–Trinajstić information content (AvgIpc) is 3.30. The van der Waals surface area contributed by atoms with E-state index in [0.717, 1.165) is 31.4 Å². The van der Waals surface area contributed by atoms with Crippen LogP contribution in [0.3, 0.4) is 0 Å². The van der Waals surface area contributed by atoms with Gasteiger partial charge in [0.25, 0.3) is 0 Å². The van der Waals surface area contributed by atoms with Gasteiger partial charge in [0.2, 0.25) is 0 Å². The van der Waals surface area contributed by atoms with Crippen molar-refractivity contribution in [3.05, 3.63) is 29.3 Å². The molecule has 0 heterocycles. The van der Waals surface area contributed by atoms with Crippen molar-refractivity contribution in [3.8, 4) is 0 Å². The van der Waals surface area contributed by atoms with Crippen LogP contribution in [0.5, 0.6) is 0 Å². The van der Waals surface area contributed by atoms with Gasteiger partial charge in [-0.05, 0) is 37.5 Å². The summed E-state index contributed by atoms with van der Waals surface area (Å²) in [6, 6.07) is 3.14. The number of hydrogen-bond donors (Lipinski definition) is 0. The zero-order valence-corrected chi connectivity index (χ0v) is 13.9. The van der Waals surface area contributed by atoms with Gasteiger partial charge in [-0.1, -0.05) is 13.8 Å². The van der Waals surface area contributed by atoms with E-state index in [-0.39, 0.29) is 34.7 Å². The summed E-state index contributed by atoms with van der Waals surface area (Å²) in [6.07, 6.45) is -2.27. The first-order valence-electron chi connectivity index (χ1n) is 7.66. The Morgan fingerprint density at radius 1 is 1.30 bits per heavy atom. The minimum Gasteiger partial charge on any atom is -0.299 e. The molecule has 0 aliphatic heterocycles. The molecule has 0 amide bonds. The monoisotopic (exact) mass is 344 g/mol. The van der Waals surface area contributed by atoms with Crippen molar-refractivity contribution in [2.75, 3.05) is 0 Å². The van der Waals surface area contributed by atoms with Crippen LogP contribution >= 0.6 is 11.8 Å². The van der Waals surface area contributed by atoms with Gasteiger partial charge in [0, 0.05) is 21.6 Å². The number of Topliss-reactive ketones (excluding diaryl/α,β-unsaturated/α-hetero) is 2. The van der Waals surface area contributed by atoms with Crippen LogP contribution in [0.4, 0.5) is 13.2 Å². The maximum absolute atomic E-state index is 12.9. The lowest BCUT2D eigenvalue weighted by Gasteiger charge is -2.15. The summed E-state index contributed by atoms with van der Waals surface area (Å²) < 4.78 is 38.7. The number of thioether (sulfide) groups is 1. The van der Waals surface area contributed by atoms with E-state index in [1.54, 1.807) is 0 Å². The number of carbonyl (C=O) groups excluding carboxylic acids is 2. The number of hydrogen-bond acceptors (Lipinski definition) is 3. The molecule has 6 heteroatoms. The molecule has 126 valence electrons. The van der Waals surface area contributed by atoms with Crippen LogP contribution < -0.4 is 0 Å². The normalized spacial score (nSPS) is 16.2. The summed E-state index contributed by atoms with van der Waals surface area (Å²) in [6.45, 7) is 3.83. The first-order valence-corrected chi connectivity index (χ1v) is 8.54. The predicted molar refractivity (Wildman–Crippen MR) is 83.7 cm³/mol. The number of ketones is 2. The van der Waals surface area contributed by atoms with Gasteiger partial charge in [-0.25, -0.2) is 0 Å². The summed E-state index contributed by atoms with van der Waals surface area (Å²) in [4.78, 5) is 24.4. The summed E-state index contributed by atoms with van der Waals surface area (Å²) in [5.41, 5.74) is -0.550. The van der Waals surface area contributed by atoms with Crippen LogP contribution in [0, 0.1) is 5.92 Å². The molecule has 1 aromatic carbocycles. The van der Waals surface area contributed by atoms with Crippen molar-refractivity contribution in [2.24, 2.45) is 5.92 Å². The van der Waals surface area contributed by atoms with Crippen molar-refractivity contribution < 1.29 is 22.8 Å². The maximum Gasteiger partial charge on any atom is 0.416 e. The van der Waals surface area contributed by atoms with E-state index in [9.17, 15) is 22.8 Å². The van der Waals surface area contributed by atoms with Crippen molar-refractivity contribution >= 4 is 23.3 Å². The predicted octanol–water partition coefficient (Wildman–Crippen LogP) is 5.15. The van der Waals surface area contributed by atoms with Gasteiger partial charge in [0.15, 0.2) is 5.78 Å². The molecule has 0 aromatic heterocycles. The molecular weight excluding hydrogens is 325 g/mol. The smallest absolute Gasteiger partial charge is 0.299 e. The summed E-state index contributed by atoms with van der Waals surface area (Å²) in [5, 5.41) is 0.0872. The van der Waals surface area contributed by atoms with Crippen molar-refractivity contribution in [2.45, 2.75) is 55.9 Å². The molecule has 0 radical (unpaired) electrons. The van der Waals surface area contributed by atoms with Crippen molar-refractivity contribution in [1.82, 2.24) is 0 Å². The van der Waals surface area contributed by atoms with Crippen LogP contribution in [-0.4, -0.2) is 16.8 Å². The van der Waals surface area contributed by atoms with E-state index in [2.05, 4.69) is 0 Å². The second kappa shape index (κ2) is 7.07. The second-order valence-electron chi connectivity index (χ2n) is 5.89. The second-order valence-corrected chi connectivity index (χ2v) is 7.37. The van der Waals surface area contributed by atoms with E-state index >= 15 is 0 Å². The number of alkyl halides is 3. The highest BCUT2D eigenvalue weighted by molar-refractivity contribution is 8.00. The van der Waals surface area contributed by atoms with Gasteiger partial charge in [-0.3, -0.25) is 9.59 Å². The van der Waals surface area contributed by atoms with Gasteiger partial charge < -0.3 is 0 Å². The Kier molecular flexibility index (Phi) is 5.55. The molecule has 1 aromatic rings. The lowest BCUT2D eigenvalue weighted by molar-refractivity contribution is -0.137. The Hall–Kier alpha value is -1.30. The van der Waals surface area contributed by atoms with Gasteiger partial charge in [-0.15, -0.1) is 11.8 Å². The van der Waals surface area contributed by atoms with E-state index in [0.29, 0.717) is 4.90 Å². The van der Waals surface area contributed by atoms with Crippen LogP contribution in [-0.2, 0) is 11.0 Å². The summed E-state index contributed by atoms with van der Waals surface area (Å²) >= 11 is 1.25. The van der Waals surface area contributed by atoms with E-state index in [1.165, 1.54) is 17.8 Å². The number of carbonyl (C=O) groups is 2. The van der Waals surface area contributed by atoms with E-state index in [4.69, 9.17) is 0 Å². The molecule has 2 nitrogen and oxygen atoms in total. The Morgan fingerprint density at radius 3 is 2.48 bits per heavy atom. The van der Waals surface area contributed by atoms with Gasteiger partial charge >= 0.3 is 6.18 Å². The average molecular weight is 344 g/mol. The third-order valence-electron chi connectivity index (χ3n) is 3.88. The molecule has 0 spiro atoms. The van der Waals surface area contributed by atoms with E-state index < -0.39 is 11.7 Å². The Balaban J connectivity index is 2.28. The van der Waals surface area contributed by atoms with Crippen molar-refractivity contribution in [3.63, 3.8) is 0 Å². The SMILES string of the molecule is CCC(C)Sc1cc(C(F)(F)F)ccc1C(=O)CC(=O)C1CC1. The third-order valence-corrected chi connectivity index (χ3v) is 5.21. The van der Waals surface area contributed by atoms with Gasteiger partial charge in [0.05, 0.1) is 12.0 Å². The molecule has 1 aliphatic carbocycles. The molecular formula is C17H19F3O2S. The topological polar surface area (TPSA) is 34.1 Å². The van der Waals surface area contributed by atoms with Crippen LogP contribution in [0.15, 0.2) is 23.1 Å². The zero-order valence-electron chi connectivity index (χ0n) is 13.1. The number of rotatable bonds is 7. The molecule has 1 saturated carbocycles. The quantitative estimate of drug-likeness (QED) is 0.390. The fraction of sp³-hybridized carbons (Fsp3) is 0.529. The fourth-order valence-corrected chi connectivity index (χ4v) is 3.23.